The minimum atomic E-state index is 0.0627. The van der Waals surface area contributed by atoms with Gasteiger partial charge in [-0.25, -0.2) is 0 Å². The number of ether oxygens (including phenoxy) is 4. The van der Waals surface area contributed by atoms with Gasteiger partial charge in [-0.05, 0) is 212 Å². The number of benzene rings is 3. The van der Waals surface area contributed by atoms with Crippen LogP contribution in [0, 0.1) is 41.5 Å². The molecular weight excluding hydrogens is 1570 g/mol. The van der Waals surface area contributed by atoms with Gasteiger partial charge >= 0.3 is 0 Å². The first-order chi connectivity index (χ1) is 59.6. The monoisotopic (exact) mass is 1700 g/mol. The summed E-state index contributed by atoms with van der Waals surface area (Å²) in [7, 11) is 3.35. The Morgan fingerprint density at radius 3 is 1.19 bits per heavy atom. The Labute approximate surface area is 734 Å². The van der Waals surface area contributed by atoms with Crippen molar-refractivity contribution in [3.05, 3.63) is 125 Å². The number of anilines is 14. The molecule has 2 saturated heterocycles. The van der Waals surface area contributed by atoms with Crippen LogP contribution in [0.4, 0.5) is 82.8 Å². The van der Waals surface area contributed by atoms with Crippen LogP contribution in [0.1, 0.15) is 218 Å². The molecule has 10 aromatic rings. The van der Waals surface area contributed by atoms with Gasteiger partial charge in [0.1, 0.15) is 23.3 Å². The van der Waals surface area contributed by atoms with Gasteiger partial charge in [0.2, 0.25) is 71.4 Å². The van der Waals surface area contributed by atoms with E-state index in [4.69, 9.17) is 51.9 Å². The number of nitrogens with zero attached hydrogens (tertiary/aromatic N) is 23. The predicted molar refractivity (Wildman–Crippen MR) is 501 cm³/mol. The number of piperidine rings is 2. The third kappa shape index (κ3) is 34.4. The van der Waals surface area contributed by atoms with E-state index in [-0.39, 0.29) is 36.0 Å². The van der Waals surface area contributed by atoms with Gasteiger partial charge in [0.25, 0.3) is 0 Å². The lowest BCUT2D eigenvalue weighted by Crippen LogP contribution is -2.34. The Morgan fingerprint density at radius 1 is 0.395 bits per heavy atom. The Kier molecular flexibility index (Phi) is 41.9. The Hall–Kier alpha value is -12.0. The van der Waals surface area contributed by atoms with Crippen LogP contribution < -0.4 is 73.3 Å². The fourth-order valence-corrected chi connectivity index (χ4v) is 12.6. The number of hydrogen-bond acceptors (Lipinski definition) is 35. The van der Waals surface area contributed by atoms with Gasteiger partial charge in [0.15, 0.2) is 23.1 Å². The summed E-state index contributed by atoms with van der Waals surface area (Å²) in [5.74, 6) is 11.9. The van der Waals surface area contributed by atoms with E-state index in [1.54, 1.807) is 20.3 Å². The number of pyridine rings is 1. The standard InChI is InChI=1S/C19H29N5O4.C18H19N5.C16H31N5.C14H20N6.C14H23N5.C8H15N5/c1-12(25-3)7-9-27-15-6-5-14(17-22-18(20)24-19(21)23-17)11-16(15)28-10-8-13(2)26-4;1-12-6-4-8-15(10-12)21-17-19-14(3)20-18(23-17)22-16-9-5-7-13(2)11-16;1-6-10-12-20(8-3)15-17-14(5)18-16(19-15)21(9-4)13-11-7-2;1-7(2)10-5-9(6-11(17-10)8(3)4)12-18-13(15)20-14(16)19-12;1-12-15-13(18-8-4-2-5-9-18)17-14(16-12)19-10-6-3-7-11-19;1-4-9-7-11-6(3)12-8(13-7)10-5-2/h5-6,11-13H,7-10H2,1-4H3,(H4,20,21,22,23,24);4-11H,1-3H3,(H2,19,20,21,22,23);6-13H2,1-5H3;5-8H,1-4H3,(H4,15,16,18,19,20);2-11H2,1H3;4-5H2,1-3H3,(H2,9,10,11,12,13). The molecule has 2 unspecified atom stereocenters. The lowest BCUT2D eigenvalue weighted by molar-refractivity contribution is 0.0907. The molecular formula is C89H137N31O4. The van der Waals surface area contributed by atoms with Crippen molar-refractivity contribution in [2.24, 2.45) is 0 Å². The zero-order valence-corrected chi connectivity index (χ0v) is 77.0. The van der Waals surface area contributed by atoms with Crippen molar-refractivity contribution in [3.63, 3.8) is 0 Å². The SMILES string of the molecule is CC(C)c1cc(-c2nc(N)nc(N)n2)cc(C(C)C)n1.CCCCN(CC)c1nc(C)nc(N(CC)CCCC)n1.CCNc1nc(C)nc(NCC)n1.COC(C)CCOc1ccc(-c2nc(N)nc(N)n2)cc1OCCC(C)OC.Cc1cccc(Nc2nc(C)nc(Nc3cccc(C)c3)n2)c1.Cc1nc(N2CCCCC2)nc(N2CCCCC2)n1. The van der Waals surface area contributed by atoms with Crippen LogP contribution in [0.5, 0.6) is 11.5 Å². The minimum Gasteiger partial charge on any atom is -0.490 e. The Morgan fingerprint density at radius 2 is 0.790 bits per heavy atom. The molecule has 12 N–H and O–H groups in total. The highest BCUT2D eigenvalue weighted by Gasteiger charge is 2.22. The predicted octanol–water partition coefficient (Wildman–Crippen LogP) is 15.6. The molecule has 0 spiro atoms. The van der Waals surface area contributed by atoms with Gasteiger partial charge in [-0.2, -0.15) is 89.7 Å². The second-order valence-corrected chi connectivity index (χ2v) is 30.8. The van der Waals surface area contributed by atoms with E-state index < -0.39 is 0 Å². The van der Waals surface area contributed by atoms with Crippen molar-refractivity contribution in [1.29, 1.82) is 0 Å². The molecule has 3 aromatic carbocycles. The molecule has 2 aliphatic heterocycles. The fraction of sp³-hybridized carbons (Fsp3) is 0.539. The van der Waals surface area contributed by atoms with Gasteiger partial charge < -0.3 is 82.7 Å². The molecule has 35 heteroatoms. The third-order valence-electron chi connectivity index (χ3n) is 19.5. The van der Waals surface area contributed by atoms with Crippen molar-refractivity contribution in [2.45, 2.75) is 226 Å². The maximum atomic E-state index is 5.95. The van der Waals surface area contributed by atoms with Crippen molar-refractivity contribution >= 4 is 82.8 Å². The highest BCUT2D eigenvalue weighted by Crippen LogP contribution is 2.34. The summed E-state index contributed by atoms with van der Waals surface area (Å²) in [5, 5.41) is 12.5. The second-order valence-electron chi connectivity index (χ2n) is 30.8. The maximum absolute atomic E-state index is 5.95. The van der Waals surface area contributed by atoms with Crippen molar-refractivity contribution in [2.75, 3.05) is 157 Å². The molecule has 9 heterocycles. The van der Waals surface area contributed by atoms with Crippen molar-refractivity contribution < 1.29 is 18.9 Å². The Bertz CT molecular complexity index is 4590. The van der Waals surface area contributed by atoms with Gasteiger partial charge in [-0.15, -0.1) is 0 Å². The third-order valence-corrected chi connectivity index (χ3v) is 19.5. The highest BCUT2D eigenvalue weighted by atomic mass is 16.5. The number of nitrogens with two attached hydrogens (primary N) is 4. The molecule has 35 nitrogen and oxygen atoms in total. The van der Waals surface area contributed by atoms with Gasteiger partial charge in [0.05, 0.1) is 25.4 Å². The molecule has 124 heavy (non-hydrogen) atoms. The van der Waals surface area contributed by atoms with Gasteiger partial charge in [-0.1, -0.05) is 78.6 Å². The van der Waals surface area contributed by atoms with Crippen LogP contribution in [0.15, 0.2) is 78.9 Å². The zero-order chi connectivity index (χ0) is 90.0. The topological polar surface area (TPSA) is 447 Å². The molecule has 672 valence electrons. The number of hydrogen-bond donors (Lipinski definition) is 8. The van der Waals surface area contributed by atoms with Crippen molar-refractivity contribution in [3.8, 4) is 34.3 Å². The average molecular weight is 1710 g/mol. The molecule has 2 atom stereocenters. The number of methoxy groups -OCH3 is 2. The van der Waals surface area contributed by atoms with Gasteiger partial charge in [-0.3, -0.25) is 4.98 Å². The summed E-state index contributed by atoms with van der Waals surface area (Å²) in [6, 6.07) is 25.6. The molecule has 2 aliphatic rings. The molecule has 2 fully saturated rings. The molecule has 0 aliphatic carbocycles. The summed E-state index contributed by atoms with van der Waals surface area (Å²) < 4.78 is 22.4. The molecule has 12 rings (SSSR count). The van der Waals surface area contributed by atoms with E-state index in [0.717, 1.165) is 148 Å². The summed E-state index contributed by atoms with van der Waals surface area (Å²) >= 11 is 0. The van der Waals surface area contributed by atoms with E-state index in [2.05, 4.69) is 207 Å². The molecule has 0 saturated carbocycles. The van der Waals surface area contributed by atoms with E-state index in [9.17, 15) is 0 Å². The number of unbranched alkanes of at least 4 members (excludes halogenated alkanes) is 2. The summed E-state index contributed by atoms with van der Waals surface area (Å²) in [4.78, 5) is 91.1. The largest absolute Gasteiger partial charge is 0.490 e. The van der Waals surface area contributed by atoms with Crippen LogP contribution >= 0.6 is 0 Å². The molecule has 0 bridgehead atoms. The minimum absolute atomic E-state index is 0.0627. The molecule has 0 radical (unpaired) electrons. The molecule has 0 amide bonds. The molecule has 7 aromatic heterocycles. The summed E-state index contributed by atoms with van der Waals surface area (Å²) in [6.07, 6.45) is 14.1. The smallest absolute Gasteiger partial charge is 0.232 e. The van der Waals surface area contributed by atoms with E-state index in [0.29, 0.717) is 83.4 Å². The number of rotatable bonds is 34. The number of aryl methyl sites for hydroxylation is 6. The number of aromatic nitrogens is 19. The van der Waals surface area contributed by atoms with Crippen LogP contribution in [-0.2, 0) is 9.47 Å². The first-order valence-corrected chi connectivity index (χ1v) is 43.7. The lowest BCUT2D eigenvalue weighted by Gasteiger charge is -2.30. The van der Waals surface area contributed by atoms with Crippen LogP contribution in [0.3, 0.4) is 0 Å². The van der Waals surface area contributed by atoms with E-state index >= 15 is 0 Å². The Balaban J connectivity index is 0.000000207. The first kappa shape index (κ1) is 99.1. The number of nitrogen functional groups attached to an aromatic ring is 4. The van der Waals surface area contributed by atoms with Crippen LogP contribution in [0.25, 0.3) is 22.8 Å². The average Bonchev–Trinajstić information content (AvgIpc) is 0.813. The van der Waals surface area contributed by atoms with Gasteiger partial charge in [0, 0.05) is 126 Å². The highest BCUT2D eigenvalue weighted by molar-refractivity contribution is 5.64. The second kappa shape index (κ2) is 52.5. The first-order valence-electron chi connectivity index (χ1n) is 43.7. The van der Waals surface area contributed by atoms with Crippen LogP contribution in [-0.4, -0.2) is 200 Å². The summed E-state index contributed by atoms with van der Waals surface area (Å²) in [5.41, 5.74) is 30.5. The quantitative estimate of drug-likeness (QED) is 0.0186. The zero-order valence-electron chi connectivity index (χ0n) is 77.0. The van der Waals surface area contributed by atoms with E-state index in [1.807, 2.05) is 116 Å². The normalized spacial score (nSPS) is 12.7. The maximum Gasteiger partial charge on any atom is 0.232 e. The van der Waals surface area contributed by atoms with Crippen molar-refractivity contribution in [1.82, 2.24) is 94.7 Å². The number of nitrogens with one attached hydrogen (secondary N) is 4. The summed E-state index contributed by atoms with van der Waals surface area (Å²) in [6.45, 7) is 47.7. The fourth-order valence-electron chi connectivity index (χ4n) is 12.6. The lowest BCUT2D eigenvalue weighted by atomic mass is 10.0. The van der Waals surface area contributed by atoms with E-state index in [1.165, 1.54) is 75.3 Å². The van der Waals surface area contributed by atoms with Crippen LogP contribution in [0.2, 0.25) is 0 Å².